The smallest absolute Gasteiger partial charge is 0.339 e. The maximum Gasteiger partial charge on any atom is 0.339 e. The number of hydrogen-bond donors (Lipinski definition) is 3. The second-order valence-electron chi connectivity index (χ2n) is 7.09. The molecular weight excluding hydrogens is 340 g/mol. The van der Waals surface area contributed by atoms with E-state index in [2.05, 4.69) is 26.8 Å². The summed E-state index contributed by atoms with van der Waals surface area (Å²) in [6.07, 6.45) is 9.63. The van der Waals surface area contributed by atoms with Crippen LogP contribution in [0.15, 0.2) is 29.4 Å². The van der Waals surface area contributed by atoms with Crippen molar-refractivity contribution in [2.75, 3.05) is 0 Å². The Morgan fingerprint density at radius 1 is 1.11 bits per heavy atom. The van der Waals surface area contributed by atoms with Gasteiger partial charge >= 0.3 is 5.97 Å². The predicted molar refractivity (Wildman–Crippen MR) is 113 cm³/mol. The molecular formula is C23H36O4. The summed E-state index contributed by atoms with van der Waals surface area (Å²) in [6.45, 7) is 8.20. The number of rotatable bonds is 10. The fourth-order valence-electron chi connectivity index (χ4n) is 2.92. The molecule has 4 heteroatoms. The first-order valence-corrected chi connectivity index (χ1v) is 9.36. The Morgan fingerprint density at radius 3 is 2.33 bits per heavy atom. The molecule has 0 bridgehead atoms. The van der Waals surface area contributed by atoms with Gasteiger partial charge in [0.1, 0.15) is 17.1 Å². The highest BCUT2D eigenvalue weighted by molar-refractivity contribution is 5.93. The number of hydrogen-bond acceptors (Lipinski definition) is 3. The summed E-state index contributed by atoms with van der Waals surface area (Å²) in [7, 11) is 0. The monoisotopic (exact) mass is 376 g/mol. The zero-order valence-corrected chi connectivity index (χ0v) is 16.4. The van der Waals surface area contributed by atoms with Gasteiger partial charge in [0.05, 0.1) is 0 Å². The maximum atomic E-state index is 11.6. The topological polar surface area (TPSA) is 77.8 Å². The molecule has 4 nitrogen and oxygen atoms in total. The van der Waals surface area contributed by atoms with E-state index in [1.54, 1.807) is 0 Å². The van der Waals surface area contributed by atoms with Gasteiger partial charge in [-0.3, -0.25) is 0 Å². The number of allylic oxidation sites excluding steroid dienone is 4. The first-order valence-electron chi connectivity index (χ1n) is 9.36. The number of benzene rings is 1. The molecule has 0 saturated heterocycles. The standard InChI is InChI=1S/C22H32O4.CH4/c1-5-6-7-11-17-14-19(23)18(21(24)20(17)22(25)26)13-12-16(4)10-8-9-15(2)3;/h9,12,14,23-24H,5-8,10-11,13H2,1-4H3,(H,25,26);1H4/b16-12-;. The summed E-state index contributed by atoms with van der Waals surface area (Å²) in [5.74, 6) is -1.50. The molecule has 0 radical (unpaired) electrons. The SMILES string of the molecule is C.CCCCCc1cc(O)c(C/C=C(/C)CCC=C(C)C)c(O)c1C(=O)O. The molecule has 1 aromatic rings. The number of phenols is 2. The van der Waals surface area contributed by atoms with Gasteiger partial charge in [0.15, 0.2) is 0 Å². The van der Waals surface area contributed by atoms with Crippen molar-refractivity contribution in [3.63, 3.8) is 0 Å². The van der Waals surface area contributed by atoms with Crippen LogP contribution in [0.25, 0.3) is 0 Å². The lowest BCUT2D eigenvalue weighted by Crippen LogP contribution is -2.05. The van der Waals surface area contributed by atoms with Gasteiger partial charge in [-0.1, -0.05) is 50.5 Å². The summed E-state index contributed by atoms with van der Waals surface area (Å²) in [6, 6.07) is 1.50. The average Bonchev–Trinajstić information content (AvgIpc) is 2.53. The Kier molecular flexibility index (Phi) is 11.2. The van der Waals surface area contributed by atoms with Crippen molar-refractivity contribution in [2.24, 2.45) is 0 Å². The van der Waals surface area contributed by atoms with E-state index in [4.69, 9.17) is 0 Å². The molecule has 3 N–H and O–H groups in total. The highest BCUT2D eigenvalue weighted by Crippen LogP contribution is 2.35. The van der Waals surface area contributed by atoms with Gasteiger partial charge < -0.3 is 15.3 Å². The molecule has 1 rings (SSSR count). The van der Waals surface area contributed by atoms with Crippen LogP contribution in [0.3, 0.4) is 0 Å². The quantitative estimate of drug-likeness (QED) is 0.326. The number of phenolic OH excluding ortho intramolecular Hbond substituents is 1. The minimum absolute atomic E-state index is 0. The van der Waals surface area contributed by atoms with E-state index in [-0.39, 0.29) is 30.1 Å². The van der Waals surface area contributed by atoms with Gasteiger partial charge in [-0.25, -0.2) is 4.79 Å². The van der Waals surface area contributed by atoms with Crippen LogP contribution in [-0.2, 0) is 12.8 Å². The molecule has 0 aliphatic carbocycles. The lowest BCUT2D eigenvalue weighted by Gasteiger charge is -2.14. The van der Waals surface area contributed by atoms with Crippen LogP contribution >= 0.6 is 0 Å². The summed E-state index contributed by atoms with van der Waals surface area (Å²) >= 11 is 0. The summed E-state index contributed by atoms with van der Waals surface area (Å²) in [5.41, 5.74) is 3.12. The van der Waals surface area contributed by atoms with E-state index in [0.717, 1.165) is 37.7 Å². The van der Waals surface area contributed by atoms with Crippen molar-refractivity contribution >= 4 is 5.97 Å². The second kappa shape index (κ2) is 12.2. The molecule has 0 aromatic heterocycles. The van der Waals surface area contributed by atoms with Gasteiger partial charge in [0.2, 0.25) is 0 Å². The largest absolute Gasteiger partial charge is 0.508 e. The molecule has 1 aromatic carbocycles. The molecule has 0 aliphatic heterocycles. The van der Waals surface area contributed by atoms with Gasteiger partial charge in [-0.15, -0.1) is 0 Å². The number of carbonyl (C=O) groups is 1. The maximum absolute atomic E-state index is 11.6. The van der Waals surface area contributed by atoms with Crippen molar-refractivity contribution in [2.45, 2.75) is 80.1 Å². The number of aryl methyl sites for hydroxylation is 1. The molecule has 27 heavy (non-hydrogen) atoms. The molecule has 0 fully saturated rings. The van der Waals surface area contributed by atoms with Crippen LogP contribution in [0.1, 0.15) is 88.7 Å². The number of aromatic hydroxyl groups is 2. The number of carboxylic acids is 1. The fourth-order valence-corrected chi connectivity index (χ4v) is 2.92. The number of unbranched alkanes of at least 4 members (excludes halogenated alkanes) is 2. The first kappa shape index (κ1) is 24.8. The van der Waals surface area contributed by atoms with E-state index >= 15 is 0 Å². The van der Waals surface area contributed by atoms with Crippen LogP contribution in [0, 0.1) is 0 Å². The third kappa shape index (κ3) is 7.90. The second-order valence-corrected chi connectivity index (χ2v) is 7.09. The molecule has 0 unspecified atom stereocenters. The van der Waals surface area contributed by atoms with Gasteiger partial charge in [-0.2, -0.15) is 0 Å². The van der Waals surface area contributed by atoms with Gasteiger partial charge in [0, 0.05) is 5.56 Å². The third-order valence-corrected chi connectivity index (χ3v) is 4.47. The van der Waals surface area contributed by atoms with E-state index in [1.165, 1.54) is 11.6 Å². The number of aromatic carboxylic acids is 1. The third-order valence-electron chi connectivity index (χ3n) is 4.47. The highest BCUT2D eigenvalue weighted by atomic mass is 16.4. The Bertz CT molecular complexity index is 680. The van der Waals surface area contributed by atoms with E-state index in [0.29, 0.717) is 18.4 Å². The van der Waals surface area contributed by atoms with Gasteiger partial charge in [0.25, 0.3) is 0 Å². The van der Waals surface area contributed by atoms with Gasteiger partial charge in [-0.05, 0) is 64.5 Å². The van der Waals surface area contributed by atoms with E-state index < -0.39 is 5.97 Å². The highest BCUT2D eigenvalue weighted by Gasteiger charge is 2.21. The zero-order chi connectivity index (χ0) is 19.7. The number of carboxylic acid groups (broad SMARTS) is 1. The predicted octanol–water partition coefficient (Wildman–Crippen LogP) is 6.40. The average molecular weight is 377 g/mol. The van der Waals surface area contributed by atoms with Crippen molar-refractivity contribution in [3.05, 3.63) is 46.1 Å². The van der Waals surface area contributed by atoms with E-state index in [1.807, 2.05) is 13.0 Å². The fraction of sp³-hybridized carbons (Fsp3) is 0.522. The molecule has 0 spiro atoms. The van der Waals surface area contributed by atoms with Crippen LogP contribution in [0.2, 0.25) is 0 Å². The van der Waals surface area contributed by atoms with Crippen molar-refractivity contribution in [1.82, 2.24) is 0 Å². The minimum atomic E-state index is -1.15. The van der Waals surface area contributed by atoms with Crippen molar-refractivity contribution < 1.29 is 20.1 Å². The lowest BCUT2D eigenvalue weighted by atomic mass is 9.95. The Morgan fingerprint density at radius 2 is 1.78 bits per heavy atom. The van der Waals surface area contributed by atoms with Crippen LogP contribution in [0.4, 0.5) is 0 Å². The normalized spacial score (nSPS) is 11.0. The van der Waals surface area contributed by atoms with Crippen molar-refractivity contribution in [3.8, 4) is 11.5 Å². The minimum Gasteiger partial charge on any atom is -0.508 e. The van der Waals surface area contributed by atoms with Crippen LogP contribution in [-0.4, -0.2) is 21.3 Å². The first-order chi connectivity index (χ1) is 12.3. The molecule has 0 saturated carbocycles. The summed E-state index contributed by atoms with van der Waals surface area (Å²) in [5, 5.41) is 30.3. The van der Waals surface area contributed by atoms with Crippen LogP contribution in [0.5, 0.6) is 11.5 Å². The van der Waals surface area contributed by atoms with Crippen molar-refractivity contribution in [1.29, 1.82) is 0 Å². The summed E-state index contributed by atoms with van der Waals surface area (Å²) < 4.78 is 0. The molecule has 0 aliphatic rings. The lowest BCUT2D eigenvalue weighted by molar-refractivity contribution is 0.0692. The Balaban J connectivity index is 0.00000676. The Hall–Kier alpha value is -2.23. The molecule has 152 valence electrons. The zero-order valence-electron chi connectivity index (χ0n) is 16.4. The van der Waals surface area contributed by atoms with E-state index in [9.17, 15) is 20.1 Å². The Labute approximate surface area is 164 Å². The summed E-state index contributed by atoms with van der Waals surface area (Å²) in [4.78, 5) is 11.6. The molecule has 0 amide bonds. The molecule has 0 atom stereocenters. The molecule has 0 heterocycles. The van der Waals surface area contributed by atoms with Crippen LogP contribution < -0.4 is 0 Å².